The number of nitrogens with zero attached hydrogens (tertiary/aromatic N) is 3. The van der Waals surface area contributed by atoms with Crippen LogP contribution >= 0.6 is 12.4 Å². The molecule has 0 spiro atoms. The molecule has 0 saturated carbocycles. The summed E-state index contributed by atoms with van der Waals surface area (Å²) in [5, 5.41) is 18.6. The van der Waals surface area contributed by atoms with Gasteiger partial charge in [-0.1, -0.05) is 11.5 Å². The first-order chi connectivity index (χ1) is 6.86. The molecule has 2 rings (SSSR count). The van der Waals surface area contributed by atoms with E-state index < -0.39 is 0 Å². The van der Waals surface area contributed by atoms with Gasteiger partial charge in [-0.2, -0.15) is 5.21 Å². The van der Waals surface area contributed by atoms with Crippen LogP contribution in [0.5, 0.6) is 0 Å². The number of carbonyl (C=O) groups is 1. The molecule has 0 bridgehead atoms. The van der Waals surface area contributed by atoms with Crippen molar-refractivity contribution in [3.8, 4) is 0 Å². The van der Waals surface area contributed by atoms with E-state index in [2.05, 4.69) is 31.3 Å². The molecular formula is C7H13ClN6O. The highest BCUT2D eigenvalue weighted by Gasteiger charge is 2.21. The Morgan fingerprint density at radius 1 is 1.47 bits per heavy atom. The van der Waals surface area contributed by atoms with E-state index in [1.54, 1.807) is 0 Å². The molecule has 0 radical (unpaired) electrons. The average Bonchev–Trinajstić information content (AvgIpc) is 2.72. The first-order valence-electron chi connectivity index (χ1n) is 4.64. The van der Waals surface area contributed by atoms with Crippen molar-refractivity contribution in [2.75, 3.05) is 11.9 Å². The van der Waals surface area contributed by atoms with Crippen molar-refractivity contribution in [3.63, 3.8) is 0 Å². The minimum absolute atomic E-state index is 0. The average molecular weight is 233 g/mol. The van der Waals surface area contributed by atoms with Crippen molar-refractivity contribution < 1.29 is 4.79 Å². The summed E-state index contributed by atoms with van der Waals surface area (Å²) in [5.41, 5.74) is 0. The Balaban J connectivity index is 0.00000112. The van der Waals surface area contributed by atoms with Crippen LogP contribution in [0, 0.1) is 0 Å². The van der Waals surface area contributed by atoms with Crippen LogP contribution in [0.25, 0.3) is 0 Å². The second kappa shape index (κ2) is 5.62. The summed E-state index contributed by atoms with van der Waals surface area (Å²) in [4.78, 5) is 11.6. The number of hydrogen-bond acceptors (Lipinski definition) is 5. The minimum Gasteiger partial charge on any atom is -0.306 e. The molecular weight excluding hydrogens is 220 g/mol. The Morgan fingerprint density at radius 2 is 2.33 bits per heavy atom. The van der Waals surface area contributed by atoms with Crippen molar-refractivity contribution in [2.24, 2.45) is 0 Å². The van der Waals surface area contributed by atoms with Crippen LogP contribution in [0.15, 0.2) is 0 Å². The molecule has 8 heteroatoms. The van der Waals surface area contributed by atoms with Gasteiger partial charge in [-0.25, -0.2) is 0 Å². The number of carbonyl (C=O) groups excluding carboxylic acids is 1. The van der Waals surface area contributed by atoms with Gasteiger partial charge in [-0.3, -0.25) is 10.1 Å². The second-order valence-corrected chi connectivity index (χ2v) is 3.23. The van der Waals surface area contributed by atoms with Gasteiger partial charge >= 0.3 is 0 Å². The molecule has 1 saturated heterocycles. The number of aromatic amines is 1. The third-order valence-electron chi connectivity index (χ3n) is 2.21. The topological polar surface area (TPSA) is 95.6 Å². The lowest BCUT2D eigenvalue weighted by Gasteiger charge is -2.21. The number of aromatic nitrogens is 4. The van der Waals surface area contributed by atoms with Gasteiger partial charge in [0, 0.05) is 0 Å². The molecule has 1 atom stereocenters. The minimum atomic E-state index is -0.123. The molecule has 0 aliphatic carbocycles. The molecule has 15 heavy (non-hydrogen) atoms. The van der Waals surface area contributed by atoms with Gasteiger partial charge in [0.25, 0.3) is 5.95 Å². The molecule has 1 fully saturated rings. The summed E-state index contributed by atoms with van der Waals surface area (Å²) in [6.45, 7) is 0.893. The molecule has 1 amide bonds. The lowest BCUT2D eigenvalue weighted by atomic mass is 10.0. The Morgan fingerprint density at radius 3 is 2.93 bits per heavy atom. The molecule has 1 aliphatic rings. The fourth-order valence-electron chi connectivity index (χ4n) is 1.49. The zero-order chi connectivity index (χ0) is 9.80. The predicted molar refractivity (Wildman–Crippen MR) is 55.7 cm³/mol. The van der Waals surface area contributed by atoms with E-state index in [1.165, 1.54) is 0 Å². The number of anilines is 1. The second-order valence-electron chi connectivity index (χ2n) is 3.23. The molecule has 0 unspecified atom stereocenters. The maximum atomic E-state index is 11.6. The van der Waals surface area contributed by atoms with Gasteiger partial charge < -0.3 is 5.32 Å². The van der Waals surface area contributed by atoms with E-state index in [0.29, 0.717) is 0 Å². The fourth-order valence-corrected chi connectivity index (χ4v) is 1.49. The highest BCUT2D eigenvalue weighted by atomic mass is 35.5. The van der Waals surface area contributed by atoms with Crippen LogP contribution < -0.4 is 10.6 Å². The van der Waals surface area contributed by atoms with E-state index in [0.717, 1.165) is 25.8 Å². The maximum absolute atomic E-state index is 11.6. The number of piperidine rings is 1. The lowest BCUT2D eigenvalue weighted by Crippen LogP contribution is -2.43. The number of tetrazole rings is 1. The van der Waals surface area contributed by atoms with Crippen LogP contribution in [-0.4, -0.2) is 39.1 Å². The van der Waals surface area contributed by atoms with E-state index in [-0.39, 0.29) is 30.3 Å². The summed E-state index contributed by atoms with van der Waals surface area (Å²) in [6.07, 6.45) is 3.08. The van der Waals surface area contributed by atoms with E-state index in [9.17, 15) is 4.79 Å². The number of rotatable bonds is 2. The van der Waals surface area contributed by atoms with Crippen LogP contribution in [0.4, 0.5) is 5.95 Å². The first kappa shape index (κ1) is 11.9. The normalized spacial score (nSPS) is 20.4. The van der Waals surface area contributed by atoms with Crippen LogP contribution in [0.1, 0.15) is 19.3 Å². The molecule has 84 valence electrons. The molecule has 2 heterocycles. The highest BCUT2D eigenvalue weighted by molar-refractivity contribution is 5.93. The number of hydrogen-bond donors (Lipinski definition) is 3. The predicted octanol–water partition coefficient (Wildman–Crippen LogP) is -0.298. The number of H-pyrrole nitrogens is 1. The van der Waals surface area contributed by atoms with Crippen molar-refractivity contribution in [1.82, 2.24) is 25.9 Å². The van der Waals surface area contributed by atoms with Crippen molar-refractivity contribution >= 4 is 24.3 Å². The van der Waals surface area contributed by atoms with Crippen LogP contribution in [0.2, 0.25) is 0 Å². The van der Waals surface area contributed by atoms with Gasteiger partial charge in [-0.15, -0.1) is 17.5 Å². The summed E-state index contributed by atoms with van der Waals surface area (Å²) in [5.74, 6) is 0.133. The summed E-state index contributed by atoms with van der Waals surface area (Å²) in [6, 6.07) is -0.123. The van der Waals surface area contributed by atoms with Crippen molar-refractivity contribution in [1.29, 1.82) is 0 Å². The fraction of sp³-hybridized carbons (Fsp3) is 0.714. The standard InChI is InChI=1S/C7H12N6O.ClH/c14-6(5-3-1-2-4-8-5)9-7-10-12-13-11-7;/h5,8H,1-4H2,(H2,9,10,11,12,13,14);1H/t5-;/m0./s1. The van der Waals surface area contributed by atoms with Crippen LogP contribution in [0.3, 0.4) is 0 Å². The Hall–Kier alpha value is -1.21. The molecule has 3 N–H and O–H groups in total. The first-order valence-corrected chi connectivity index (χ1v) is 4.64. The zero-order valence-electron chi connectivity index (χ0n) is 8.06. The van der Waals surface area contributed by atoms with E-state index in [1.807, 2.05) is 0 Å². The highest BCUT2D eigenvalue weighted by Crippen LogP contribution is 2.08. The van der Waals surface area contributed by atoms with Crippen molar-refractivity contribution in [3.05, 3.63) is 0 Å². The molecule has 1 aromatic heterocycles. The molecule has 0 aromatic carbocycles. The Labute approximate surface area is 92.8 Å². The maximum Gasteiger partial charge on any atom is 0.269 e. The summed E-state index contributed by atoms with van der Waals surface area (Å²) >= 11 is 0. The van der Waals surface area contributed by atoms with Crippen LogP contribution in [-0.2, 0) is 4.79 Å². The zero-order valence-corrected chi connectivity index (χ0v) is 8.88. The Bertz CT molecular complexity index is 296. The van der Waals surface area contributed by atoms with Gasteiger partial charge in [-0.05, 0) is 24.6 Å². The van der Waals surface area contributed by atoms with Gasteiger partial charge in [0.1, 0.15) is 0 Å². The quantitative estimate of drug-likeness (QED) is 0.651. The third-order valence-corrected chi connectivity index (χ3v) is 2.21. The number of amides is 1. The molecule has 1 aliphatic heterocycles. The van der Waals surface area contributed by atoms with E-state index >= 15 is 0 Å². The number of nitrogens with one attached hydrogen (secondary N) is 3. The monoisotopic (exact) mass is 232 g/mol. The molecule has 7 nitrogen and oxygen atoms in total. The van der Waals surface area contributed by atoms with Crippen molar-refractivity contribution in [2.45, 2.75) is 25.3 Å². The van der Waals surface area contributed by atoms with Gasteiger partial charge in [0.05, 0.1) is 6.04 Å². The number of halogens is 1. The SMILES string of the molecule is Cl.O=C(Nc1nn[nH]n1)[C@@H]1CCCCN1. The van der Waals surface area contributed by atoms with E-state index in [4.69, 9.17) is 0 Å². The summed E-state index contributed by atoms with van der Waals surface area (Å²) in [7, 11) is 0. The lowest BCUT2D eigenvalue weighted by molar-refractivity contribution is -0.118. The largest absolute Gasteiger partial charge is 0.306 e. The van der Waals surface area contributed by atoms with Gasteiger partial charge in [0.15, 0.2) is 0 Å². The third kappa shape index (κ3) is 3.14. The summed E-state index contributed by atoms with van der Waals surface area (Å²) < 4.78 is 0. The molecule has 1 aromatic rings. The smallest absolute Gasteiger partial charge is 0.269 e. The Kier molecular flexibility index (Phi) is 4.44. The van der Waals surface area contributed by atoms with Gasteiger partial charge in [0.2, 0.25) is 5.91 Å².